The van der Waals surface area contributed by atoms with Crippen LogP contribution in [0, 0.1) is 5.92 Å². The Bertz CT molecular complexity index is 540. The molecule has 1 fully saturated rings. The van der Waals surface area contributed by atoms with E-state index < -0.39 is 18.8 Å². The minimum absolute atomic E-state index is 0.140. The fraction of sp³-hybridized carbons (Fsp3) is 0.611. The second-order valence-electron chi connectivity index (χ2n) is 6.61. The lowest BCUT2D eigenvalue weighted by molar-refractivity contribution is -0.153. The van der Waals surface area contributed by atoms with Crippen LogP contribution in [0.15, 0.2) is 24.3 Å². The van der Waals surface area contributed by atoms with Crippen LogP contribution in [0.3, 0.4) is 0 Å². The highest BCUT2D eigenvalue weighted by molar-refractivity contribution is 5.81. The molecule has 0 radical (unpaired) electrons. The molecule has 0 aromatic heterocycles. The van der Waals surface area contributed by atoms with Crippen LogP contribution in [-0.4, -0.2) is 24.7 Å². The number of benzene rings is 1. The van der Waals surface area contributed by atoms with E-state index in [0.29, 0.717) is 12.3 Å². The second kappa shape index (κ2) is 9.08. The van der Waals surface area contributed by atoms with Crippen molar-refractivity contribution in [2.24, 2.45) is 11.7 Å². The molecule has 0 spiro atoms. The maximum Gasteiger partial charge on any atom is 0.422 e. The molecule has 1 aromatic carbocycles. The van der Waals surface area contributed by atoms with Gasteiger partial charge in [-0.15, -0.1) is 0 Å². The molecule has 1 unspecified atom stereocenters. The number of nitrogens with one attached hydrogen (secondary N) is 1. The van der Waals surface area contributed by atoms with E-state index >= 15 is 0 Å². The summed E-state index contributed by atoms with van der Waals surface area (Å²) in [4.78, 5) is 12.1. The molecule has 0 bridgehead atoms. The van der Waals surface area contributed by atoms with Gasteiger partial charge < -0.3 is 15.8 Å². The Balaban J connectivity index is 1.73. The van der Waals surface area contributed by atoms with E-state index in [1.807, 2.05) is 0 Å². The number of nitrogens with two attached hydrogens (primary N) is 1. The molecule has 1 atom stereocenters. The molecular weight excluding hydrogens is 333 g/mol. The molecule has 4 nitrogen and oxygen atoms in total. The van der Waals surface area contributed by atoms with Crippen LogP contribution in [0.4, 0.5) is 13.2 Å². The fourth-order valence-corrected chi connectivity index (χ4v) is 3.08. The Morgan fingerprint density at radius 1 is 1.20 bits per heavy atom. The van der Waals surface area contributed by atoms with E-state index in [4.69, 9.17) is 5.73 Å². The van der Waals surface area contributed by atoms with E-state index in [2.05, 4.69) is 10.1 Å². The maximum absolute atomic E-state index is 12.1. The van der Waals surface area contributed by atoms with Crippen LogP contribution in [0.2, 0.25) is 0 Å². The van der Waals surface area contributed by atoms with Gasteiger partial charge in [-0.1, -0.05) is 44.2 Å². The fourth-order valence-electron chi connectivity index (χ4n) is 3.08. The predicted molar refractivity (Wildman–Crippen MR) is 89.0 cm³/mol. The van der Waals surface area contributed by atoms with Crippen molar-refractivity contribution >= 4 is 5.91 Å². The number of amides is 1. The predicted octanol–water partition coefficient (Wildman–Crippen LogP) is 3.54. The number of carbonyl (C=O) groups excluding carboxylic acids is 1. The van der Waals surface area contributed by atoms with E-state index in [1.165, 1.54) is 31.4 Å². The molecule has 0 saturated heterocycles. The Labute approximate surface area is 145 Å². The van der Waals surface area contributed by atoms with Crippen LogP contribution >= 0.6 is 0 Å². The molecule has 7 heteroatoms. The Morgan fingerprint density at radius 2 is 1.84 bits per heavy atom. The van der Waals surface area contributed by atoms with Gasteiger partial charge in [0.2, 0.25) is 5.91 Å². The minimum atomic E-state index is -4.36. The summed E-state index contributed by atoms with van der Waals surface area (Å²) in [7, 11) is 0. The van der Waals surface area contributed by atoms with Crippen molar-refractivity contribution in [3.8, 4) is 5.75 Å². The van der Waals surface area contributed by atoms with Gasteiger partial charge in [0.05, 0.1) is 6.04 Å². The van der Waals surface area contributed by atoms with Crippen LogP contribution < -0.4 is 15.8 Å². The summed E-state index contributed by atoms with van der Waals surface area (Å²) in [6.45, 7) is -1.03. The zero-order valence-electron chi connectivity index (χ0n) is 14.1. The number of hydrogen-bond acceptors (Lipinski definition) is 3. The molecular formula is C18H25F3N2O2. The van der Waals surface area contributed by atoms with Crippen LogP contribution in [-0.2, 0) is 11.3 Å². The average molecular weight is 358 g/mol. The summed E-state index contributed by atoms with van der Waals surface area (Å²) in [5.41, 5.74) is 6.75. The van der Waals surface area contributed by atoms with Gasteiger partial charge in [0.15, 0.2) is 6.61 Å². The number of halogens is 3. The van der Waals surface area contributed by atoms with Gasteiger partial charge >= 0.3 is 6.18 Å². The van der Waals surface area contributed by atoms with Gasteiger partial charge in [-0.05, 0) is 30.0 Å². The lowest BCUT2D eigenvalue weighted by Crippen LogP contribution is -2.41. The van der Waals surface area contributed by atoms with E-state index in [9.17, 15) is 18.0 Å². The number of carbonyl (C=O) groups is 1. The zero-order valence-corrected chi connectivity index (χ0v) is 14.1. The molecule has 140 valence electrons. The van der Waals surface area contributed by atoms with Gasteiger partial charge in [0, 0.05) is 6.54 Å². The van der Waals surface area contributed by atoms with Crippen molar-refractivity contribution in [2.75, 3.05) is 6.61 Å². The Morgan fingerprint density at radius 3 is 2.44 bits per heavy atom. The minimum Gasteiger partial charge on any atom is -0.484 e. The van der Waals surface area contributed by atoms with Gasteiger partial charge in [-0.25, -0.2) is 0 Å². The lowest BCUT2D eigenvalue weighted by Gasteiger charge is -2.24. The van der Waals surface area contributed by atoms with Crippen molar-refractivity contribution in [1.29, 1.82) is 0 Å². The van der Waals surface area contributed by atoms with Crippen molar-refractivity contribution < 1.29 is 22.7 Å². The third-order valence-corrected chi connectivity index (χ3v) is 4.44. The summed E-state index contributed by atoms with van der Waals surface area (Å²) < 4.78 is 40.9. The number of ether oxygens (including phenoxy) is 1. The standard InChI is InChI=1S/C18H25F3N2O2/c19-18(20,21)12-25-15-8-6-14(7-9-15)11-23-17(24)16(22)10-13-4-2-1-3-5-13/h6-9,13,16H,1-5,10-12,22H2,(H,23,24). The first-order chi connectivity index (χ1) is 11.8. The van der Waals surface area contributed by atoms with Gasteiger partial charge in [-0.2, -0.15) is 13.2 Å². The molecule has 0 aliphatic heterocycles. The quantitative estimate of drug-likeness (QED) is 0.784. The highest BCUT2D eigenvalue weighted by Gasteiger charge is 2.28. The number of rotatable bonds is 7. The Hall–Kier alpha value is -1.76. The van der Waals surface area contributed by atoms with E-state index in [0.717, 1.165) is 18.4 Å². The smallest absolute Gasteiger partial charge is 0.422 e. The van der Waals surface area contributed by atoms with E-state index in [-0.39, 0.29) is 18.2 Å². The number of hydrogen-bond donors (Lipinski definition) is 2. The van der Waals surface area contributed by atoms with Gasteiger partial charge in [0.1, 0.15) is 5.75 Å². The largest absolute Gasteiger partial charge is 0.484 e. The Kier molecular flexibility index (Phi) is 7.11. The van der Waals surface area contributed by atoms with Crippen LogP contribution in [0.5, 0.6) is 5.75 Å². The molecule has 2 rings (SSSR count). The maximum atomic E-state index is 12.1. The van der Waals surface area contributed by atoms with Crippen molar-refractivity contribution in [2.45, 2.75) is 57.3 Å². The first-order valence-electron chi connectivity index (χ1n) is 8.65. The molecule has 1 aromatic rings. The monoisotopic (exact) mass is 358 g/mol. The molecule has 1 aliphatic rings. The highest BCUT2D eigenvalue weighted by Crippen LogP contribution is 2.27. The van der Waals surface area contributed by atoms with Crippen LogP contribution in [0.25, 0.3) is 0 Å². The third kappa shape index (κ3) is 7.34. The number of alkyl halides is 3. The molecule has 1 saturated carbocycles. The molecule has 3 N–H and O–H groups in total. The topological polar surface area (TPSA) is 64.4 Å². The molecule has 1 aliphatic carbocycles. The first kappa shape index (κ1) is 19.6. The second-order valence-corrected chi connectivity index (χ2v) is 6.61. The summed E-state index contributed by atoms with van der Waals surface area (Å²) in [6, 6.07) is 5.64. The van der Waals surface area contributed by atoms with Crippen molar-refractivity contribution in [3.05, 3.63) is 29.8 Å². The molecule has 1 amide bonds. The van der Waals surface area contributed by atoms with Crippen molar-refractivity contribution in [1.82, 2.24) is 5.32 Å². The van der Waals surface area contributed by atoms with Crippen molar-refractivity contribution in [3.63, 3.8) is 0 Å². The zero-order chi connectivity index (χ0) is 18.3. The summed E-state index contributed by atoms with van der Waals surface area (Å²) in [5, 5.41) is 2.78. The lowest BCUT2D eigenvalue weighted by atomic mass is 9.85. The summed E-state index contributed by atoms with van der Waals surface area (Å²) in [5.74, 6) is 0.476. The van der Waals surface area contributed by atoms with E-state index in [1.54, 1.807) is 12.1 Å². The third-order valence-electron chi connectivity index (χ3n) is 4.44. The summed E-state index contributed by atoms with van der Waals surface area (Å²) >= 11 is 0. The molecule has 25 heavy (non-hydrogen) atoms. The first-order valence-corrected chi connectivity index (χ1v) is 8.65. The summed E-state index contributed by atoms with van der Waals surface area (Å²) in [6.07, 6.45) is 2.31. The average Bonchev–Trinajstić information content (AvgIpc) is 2.59. The SMILES string of the molecule is NC(CC1CCCCC1)C(=O)NCc1ccc(OCC(F)(F)F)cc1. The van der Waals surface area contributed by atoms with Crippen LogP contribution in [0.1, 0.15) is 44.1 Å². The molecule has 0 heterocycles. The normalized spacial score (nSPS) is 17.1. The van der Waals surface area contributed by atoms with Gasteiger partial charge in [-0.3, -0.25) is 4.79 Å². The van der Waals surface area contributed by atoms with Gasteiger partial charge in [0.25, 0.3) is 0 Å². The highest BCUT2D eigenvalue weighted by atomic mass is 19.4.